The van der Waals surface area contributed by atoms with Crippen molar-refractivity contribution in [3.8, 4) is 0 Å². The number of nitrogens with zero attached hydrogens (tertiary/aromatic N) is 1. The maximum Gasteiger partial charge on any atom is 0.347 e. The van der Waals surface area contributed by atoms with Crippen LogP contribution in [0.1, 0.15) is 50.2 Å². The van der Waals surface area contributed by atoms with Crippen molar-refractivity contribution in [2.24, 2.45) is 0 Å². The highest BCUT2D eigenvalue weighted by Gasteiger charge is 2.53. The number of hydrogen-bond donors (Lipinski definition) is 1. The Morgan fingerprint density at radius 3 is 1.93 bits per heavy atom. The molecule has 154 valence electrons. The first-order valence-electron chi connectivity index (χ1n) is 10.9. The molecule has 2 heterocycles. The van der Waals surface area contributed by atoms with Crippen molar-refractivity contribution >= 4 is 5.97 Å². The van der Waals surface area contributed by atoms with E-state index >= 15 is 0 Å². The van der Waals surface area contributed by atoms with E-state index in [1.807, 2.05) is 36.4 Å². The van der Waals surface area contributed by atoms with E-state index in [0.29, 0.717) is 23.2 Å². The van der Waals surface area contributed by atoms with Crippen LogP contribution < -0.4 is 0 Å². The molecule has 2 fully saturated rings. The molecule has 2 aliphatic rings. The molecule has 0 amide bonds. The quantitative estimate of drug-likeness (QED) is 0.595. The van der Waals surface area contributed by atoms with Gasteiger partial charge in [0.05, 0.1) is 25.7 Å². The largest absolute Gasteiger partial charge is 0.459 e. The number of hydrogen-bond acceptors (Lipinski definition) is 3. The summed E-state index contributed by atoms with van der Waals surface area (Å²) in [6.07, 6.45) is 5.24. The first-order valence-corrected chi connectivity index (χ1v) is 10.9. The fourth-order valence-corrected chi connectivity index (χ4v) is 5.63. The summed E-state index contributed by atoms with van der Waals surface area (Å²) < 4.78 is 7.14. The van der Waals surface area contributed by atoms with E-state index in [0.717, 1.165) is 17.3 Å². The van der Waals surface area contributed by atoms with Crippen molar-refractivity contribution in [3.05, 3.63) is 71.8 Å². The van der Waals surface area contributed by atoms with Crippen molar-refractivity contribution < 1.29 is 19.1 Å². The molecule has 2 aliphatic heterocycles. The molecule has 2 bridgehead atoms. The third kappa shape index (κ3) is 3.49. The van der Waals surface area contributed by atoms with E-state index < -0.39 is 11.6 Å². The summed E-state index contributed by atoms with van der Waals surface area (Å²) in [5.41, 5.74) is -0.705. The third-order valence-electron chi connectivity index (χ3n) is 7.23. The molecule has 2 saturated heterocycles. The number of benzene rings is 2. The lowest BCUT2D eigenvalue weighted by atomic mass is 9.86. The van der Waals surface area contributed by atoms with Gasteiger partial charge >= 0.3 is 5.97 Å². The summed E-state index contributed by atoms with van der Waals surface area (Å²) >= 11 is 0. The Morgan fingerprint density at radius 1 is 1.00 bits per heavy atom. The SMILES string of the molecule is CCC[N+]1(C)C2CCC1CC(OC(=O)C(O)(c1ccccc1)c1ccccc1)C2. The number of carbonyl (C=O) groups excluding carboxylic acids is 1. The Morgan fingerprint density at radius 2 is 1.48 bits per heavy atom. The Hall–Kier alpha value is -2.17. The van der Waals surface area contributed by atoms with Crippen LogP contribution in [0.2, 0.25) is 0 Å². The molecule has 4 nitrogen and oxygen atoms in total. The van der Waals surface area contributed by atoms with Gasteiger partial charge in [-0.15, -0.1) is 0 Å². The first-order chi connectivity index (χ1) is 14.0. The number of ether oxygens (including phenoxy) is 1. The number of fused-ring (bicyclic) bond motifs is 2. The van der Waals surface area contributed by atoms with Crippen molar-refractivity contribution in [1.29, 1.82) is 0 Å². The van der Waals surface area contributed by atoms with E-state index in [-0.39, 0.29) is 6.10 Å². The van der Waals surface area contributed by atoms with Gasteiger partial charge in [0.25, 0.3) is 0 Å². The molecule has 2 aromatic rings. The lowest BCUT2D eigenvalue weighted by Gasteiger charge is -2.47. The number of carbonyl (C=O) groups is 1. The van der Waals surface area contributed by atoms with Crippen molar-refractivity contribution in [2.45, 2.75) is 62.8 Å². The van der Waals surface area contributed by atoms with Gasteiger partial charge in [0, 0.05) is 25.7 Å². The van der Waals surface area contributed by atoms with E-state index in [4.69, 9.17) is 4.74 Å². The van der Waals surface area contributed by atoms with Gasteiger partial charge in [-0.1, -0.05) is 67.6 Å². The van der Waals surface area contributed by atoms with Crippen LogP contribution >= 0.6 is 0 Å². The lowest BCUT2D eigenvalue weighted by molar-refractivity contribution is -0.949. The summed E-state index contributed by atoms with van der Waals surface area (Å²) in [5, 5.41) is 11.6. The summed E-state index contributed by atoms with van der Waals surface area (Å²) in [4.78, 5) is 13.4. The Kier molecular flexibility index (Phi) is 5.50. The number of esters is 1. The van der Waals surface area contributed by atoms with Gasteiger partial charge in [-0.3, -0.25) is 0 Å². The molecule has 0 spiro atoms. The predicted molar refractivity (Wildman–Crippen MR) is 113 cm³/mol. The van der Waals surface area contributed by atoms with Crippen LogP contribution in [0.25, 0.3) is 0 Å². The average Bonchev–Trinajstić information content (AvgIpc) is 2.91. The number of aliphatic hydroxyl groups is 1. The molecule has 29 heavy (non-hydrogen) atoms. The lowest BCUT2D eigenvalue weighted by Crippen LogP contribution is -2.59. The highest BCUT2D eigenvalue weighted by Crippen LogP contribution is 2.43. The maximum atomic E-state index is 13.4. The second kappa shape index (κ2) is 7.92. The standard InChI is InChI=1S/C25H32NO3/c1-3-16-26(2)21-14-15-22(26)18-23(17-21)29-24(27)25(28,19-10-6-4-7-11-19)20-12-8-5-9-13-20/h4-13,21-23,28H,3,14-18H2,1-2H3/q+1. The summed E-state index contributed by atoms with van der Waals surface area (Å²) in [7, 11) is 2.37. The Labute approximate surface area is 173 Å². The maximum absolute atomic E-state index is 13.4. The normalized spacial score (nSPS) is 28.9. The van der Waals surface area contributed by atoms with Crippen molar-refractivity contribution in [1.82, 2.24) is 0 Å². The average molecular weight is 395 g/mol. The second-order valence-corrected chi connectivity index (χ2v) is 8.90. The van der Waals surface area contributed by atoms with E-state index in [1.165, 1.54) is 25.8 Å². The molecule has 2 aromatic carbocycles. The molecular weight excluding hydrogens is 362 g/mol. The minimum absolute atomic E-state index is 0.123. The van der Waals surface area contributed by atoms with Crippen LogP contribution in [0, 0.1) is 0 Å². The molecular formula is C25H32NO3+. The van der Waals surface area contributed by atoms with E-state index in [2.05, 4.69) is 14.0 Å². The minimum Gasteiger partial charge on any atom is -0.459 e. The van der Waals surface area contributed by atoms with Gasteiger partial charge in [-0.2, -0.15) is 0 Å². The summed E-state index contributed by atoms with van der Waals surface area (Å²) in [6.45, 7) is 3.43. The summed E-state index contributed by atoms with van der Waals surface area (Å²) in [5.74, 6) is -0.564. The Balaban J connectivity index is 1.58. The molecule has 0 saturated carbocycles. The van der Waals surface area contributed by atoms with Crippen LogP contribution in [-0.4, -0.2) is 47.3 Å². The molecule has 1 N–H and O–H groups in total. The fraction of sp³-hybridized carbons (Fsp3) is 0.480. The second-order valence-electron chi connectivity index (χ2n) is 8.90. The number of piperidine rings is 1. The van der Waals surface area contributed by atoms with Gasteiger partial charge in [0.1, 0.15) is 6.10 Å². The smallest absolute Gasteiger partial charge is 0.347 e. The third-order valence-corrected chi connectivity index (χ3v) is 7.23. The van der Waals surface area contributed by atoms with Crippen molar-refractivity contribution in [2.75, 3.05) is 13.6 Å². The van der Waals surface area contributed by atoms with Crippen LogP contribution in [0.5, 0.6) is 0 Å². The zero-order chi connectivity index (χ0) is 20.5. The van der Waals surface area contributed by atoms with Gasteiger partial charge in [-0.05, 0) is 17.5 Å². The van der Waals surface area contributed by atoms with Gasteiger partial charge in [0.2, 0.25) is 5.60 Å². The van der Waals surface area contributed by atoms with Gasteiger partial charge < -0.3 is 14.3 Å². The topological polar surface area (TPSA) is 46.5 Å². The Bertz CT molecular complexity index is 782. The van der Waals surface area contributed by atoms with Gasteiger partial charge in [-0.25, -0.2) is 4.79 Å². The van der Waals surface area contributed by atoms with Crippen LogP contribution in [0.4, 0.5) is 0 Å². The molecule has 4 rings (SSSR count). The minimum atomic E-state index is -1.79. The zero-order valence-electron chi connectivity index (χ0n) is 17.5. The summed E-state index contributed by atoms with van der Waals surface area (Å²) in [6, 6.07) is 19.4. The number of rotatable bonds is 6. The molecule has 2 atom stereocenters. The van der Waals surface area contributed by atoms with Crippen LogP contribution in [0.15, 0.2) is 60.7 Å². The molecule has 0 aromatic heterocycles. The fourth-order valence-electron chi connectivity index (χ4n) is 5.63. The molecule has 0 radical (unpaired) electrons. The molecule has 0 aliphatic carbocycles. The van der Waals surface area contributed by atoms with Crippen LogP contribution in [-0.2, 0) is 15.1 Å². The van der Waals surface area contributed by atoms with Crippen molar-refractivity contribution in [3.63, 3.8) is 0 Å². The predicted octanol–water partition coefficient (Wildman–Crippen LogP) is 4.02. The molecule has 2 unspecified atom stereocenters. The highest BCUT2D eigenvalue weighted by atomic mass is 16.6. The zero-order valence-corrected chi connectivity index (χ0v) is 17.5. The van der Waals surface area contributed by atoms with Gasteiger partial charge in [0.15, 0.2) is 0 Å². The molecule has 4 heteroatoms. The first kappa shape index (κ1) is 20.1. The van der Waals surface area contributed by atoms with E-state index in [1.54, 1.807) is 24.3 Å². The highest BCUT2D eigenvalue weighted by molar-refractivity contribution is 5.85. The number of quaternary nitrogens is 1. The van der Waals surface area contributed by atoms with E-state index in [9.17, 15) is 9.90 Å². The van der Waals surface area contributed by atoms with Crippen LogP contribution in [0.3, 0.4) is 0 Å². The monoisotopic (exact) mass is 394 g/mol.